The third-order valence-electron chi connectivity index (χ3n) is 3.99. The van der Waals surface area contributed by atoms with Crippen molar-refractivity contribution in [2.75, 3.05) is 31.0 Å². The third kappa shape index (κ3) is 5.36. The highest BCUT2D eigenvalue weighted by atomic mass is 16.5. The van der Waals surface area contributed by atoms with Gasteiger partial charge in [-0.15, -0.1) is 0 Å². The number of benzene rings is 2. The highest BCUT2D eigenvalue weighted by molar-refractivity contribution is 5.97. The molecule has 0 atom stereocenters. The van der Waals surface area contributed by atoms with Crippen LogP contribution in [-0.2, 0) is 9.53 Å². The molecule has 3 rings (SSSR count). The van der Waals surface area contributed by atoms with Crippen LogP contribution in [0.5, 0.6) is 17.2 Å². The maximum atomic E-state index is 11.6. The Labute approximate surface area is 172 Å². The Balaban J connectivity index is 1.93. The fraction of sp³-hybridized carbons (Fsp3) is 0.190. The van der Waals surface area contributed by atoms with Crippen LogP contribution in [0, 0.1) is 0 Å². The molecule has 1 aromatic heterocycles. The van der Waals surface area contributed by atoms with Gasteiger partial charge in [-0.2, -0.15) is 0 Å². The lowest BCUT2D eigenvalue weighted by Gasteiger charge is -2.15. The van der Waals surface area contributed by atoms with E-state index in [1.54, 1.807) is 55.8 Å². The average Bonchev–Trinajstić information content (AvgIpc) is 2.69. The summed E-state index contributed by atoms with van der Waals surface area (Å²) in [4.78, 5) is 26.7. The van der Waals surface area contributed by atoms with Crippen LogP contribution >= 0.6 is 0 Å². The van der Waals surface area contributed by atoms with Gasteiger partial charge in [-0.1, -0.05) is 0 Å². The maximum absolute atomic E-state index is 11.6. The number of carbonyl (C=O) groups excluding carboxylic acids is 1. The molecule has 2 aromatic carbocycles. The van der Waals surface area contributed by atoms with Gasteiger partial charge in [0.2, 0.25) is 5.91 Å². The van der Waals surface area contributed by atoms with Gasteiger partial charge < -0.3 is 24.6 Å². The van der Waals surface area contributed by atoms with Gasteiger partial charge in [-0.05, 0) is 36.4 Å². The minimum atomic E-state index is -1.14. The first kappa shape index (κ1) is 20.9. The smallest absolute Gasteiger partial charge is 0.409 e. The monoisotopic (exact) mass is 411 g/mol. The molecule has 9 heteroatoms. The van der Waals surface area contributed by atoms with Crippen LogP contribution in [0.15, 0.2) is 48.7 Å². The molecule has 0 unspecified atom stereocenters. The van der Waals surface area contributed by atoms with E-state index in [9.17, 15) is 9.59 Å². The van der Waals surface area contributed by atoms with Gasteiger partial charge in [0.25, 0.3) is 0 Å². The first-order valence-corrected chi connectivity index (χ1v) is 9.06. The van der Waals surface area contributed by atoms with Crippen LogP contribution in [-0.4, -0.2) is 42.4 Å². The van der Waals surface area contributed by atoms with E-state index in [4.69, 9.17) is 19.3 Å². The number of carbonyl (C=O) groups is 2. The zero-order chi connectivity index (χ0) is 21.5. The lowest BCUT2D eigenvalue weighted by atomic mass is 10.1. The van der Waals surface area contributed by atoms with Gasteiger partial charge in [0.15, 0.2) is 0 Å². The van der Waals surface area contributed by atoms with E-state index in [-0.39, 0.29) is 5.91 Å². The van der Waals surface area contributed by atoms with E-state index < -0.39 is 6.09 Å². The number of nitrogens with zero attached hydrogens (tertiary/aromatic N) is 1. The zero-order valence-corrected chi connectivity index (χ0v) is 16.5. The minimum absolute atomic E-state index is 0.237. The van der Waals surface area contributed by atoms with Crippen molar-refractivity contribution >= 4 is 34.3 Å². The van der Waals surface area contributed by atoms with E-state index in [1.807, 2.05) is 0 Å². The van der Waals surface area contributed by atoms with E-state index in [1.165, 1.54) is 6.92 Å². The van der Waals surface area contributed by atoms with Gasteiger partial charge in [0, 0.05) is 37.4 Å². The Kier molecular flexibility index (Phi) is 6.66. The molecular weight excluding hydrogens is 390 g/mol. The normalized spacial score (nSPS) is 10.5. The highest BCUT2D eigenvalue weighted by Gasteiger charge is 2.13. The van der Waals surface area contributed by atoms with Crippen molar-refractivity contribution in [1.29, 1.82) is 0 Å². The summed E-state index contributed by atoms with van der Waals surface area (Å²) >= 11 is 0. The summed E-state index contributed by atoms with van der Waals surface area (Å²) in [6, 6.07) is 11.6. The van der Waals surface area contributed by atoms with Gasteiger partial charge in [-0.3, -0.25) is 15.1 Å². The van der Waals surface area contributed by atoms with Crippen LogP contribution in [0.3, 0.4) is 0 Å². The van der Waals surface area contributed by atoms with Crippen molar-refractivity contribution in [3.8, 4) is 17.2 Å². The Morgan fingerprint density at radius 1 is 1.03 bits per heavy atom. The third-order valence-corrected chi connectivity index (χ3v) is 3.99. The largest absolute Gasteiger partial charge is 0.489 e. The second kappa shape index (κ2) is 9.57. The summed E-state index contributed by atoms with van der Waals surface area (Å²) in [6.45, 7) is 2.14. The number of amides is 2. The van der Waals surface area contributed by atoms with Crippen LogP contribution < -0.4 is 20.1 Å². The number of pyridine rings is 1. The van der Waals surface area contributed by atoms with Gasteiger partial charge in [-0.25, -0.2) is 4.79 Å². The highest BCUT2D eigenvalue weighted by Crippen LogP contribution is 2.36. The molecule has 0 radical (unpaired) electrons. The number of hydrogen-bond donors (Lipinski definition) is 3. The molecular formula is C21H21N3O6. The fourth-order valence-electron chi connectivity index (χ4n) is 2.74. The predicted molar refractivity (Wildman–Crippen MR) is 112 cm³/mol. The molecule has 30 heavy (non-hydrogen) atoms. The summed E-state index contributed by atoms with van der Waals surface area (Å²) < 4.78 is 16.7. The quantitative estimate of drug-likeness (QED) is 0.477. The van der Waals surface area contributed by atoms with Crippen molar-refractivity contribution in [3.63, 3.8) is 0 Å². The molecule has 0 spiro atoms. The van der Waals surface area contributed by atoms with Crippen molar-refractivity contribution in [2.45, 2.75) is 6.92 Å². The SMILES string of the molecule is COCCOc1cc2nccc(Oc3ccc(NC(=O)O)cc3)c2cc1NC(C)=O. The molecule has 0 bridgehead atoms. The van der Waals surface area contributed by atoms with Crippen LogP contribution in [0.25, 0.3) is 10.9 Å². The van der Waals surface area contributed by atoms with Gasteiger partial charge >= 0.3 is 6.09 Å². The van der Waals surface area contributed by atoms with Crippen molar-refractivity contribution in [3.05, 3.63) is 48.7 Å². The molecule has 3 N–H and O–H groups in total. The first-order valence-electron chi connectivity index (χ1n) is 9.06. The molecule has 0 saturated heterocycles. The van der Waals surface area contributed by atoms with Crippen molar-refractivity contribution in [1.82, 2.24) is 4.98 Å². The number of methoxy groups -OCH3 is 1. The van der Waals surface area contributed by atoms with Crippen molar-refractivity contribution in [2.24, 2.45) is 0 Å². The summed E-state index contributed by atoms with van der Waals surface area (Å²) in [6.07, 6.45) is 0.465. The zero-order valence-electron chi connectivity index (χ0n) is 16.5. The number of ether oxygens (including phenoxy) is 3. The molecule has 0 fully saturated rings. The minimum Gasteiger partial charge on any atom is -0.489 e. The molecule has 0 aliphatic carbocycles. The van der Waals surface area contributed by atoms with Crippen LogP contribution in [0.2, 0.25) is 0 Å². The average molecular weight is 411 g/mol. The topological polar surface area (TPSA) is 119 Å². The second-order valence-electron chi connectivity index (χ2n) is 6.25. The van der Waals surface area contributed by atoms with Crippen LogP contribution in [0.4, 0.5) is 16.2 Å². The second-order valence-corrected chi connectivity index (χ2v) is 6.25. The van der Waals surface area contributed by atoms with Gasteiger partial charge in [0.05, 0.1) is 17.8 Å². The number of nitrogens with one attached hydrogen (secondary N) is 2. The number of aromatic nitrogens is 1. The Morgan fingerprint density at radius 3 is 2.47 bits per heavy atom. The Hall–Kier alpha value is -3.85. The fourth-order valence-corrected chi connectivity index (χ4v) is 2.74. The lowest BCUT2D eigenvalue weighted by Crippen LogP contribution is -2.10. The number of anilines is 2. The van der Waals surface area contributed by atoms with Crippen LogP contribution in [0.1, 0.15) is 6.92 Å². The van der Waals surface area contributed by atoms with E-state index in [2.05, 4.69) is 15.6 Å². The molecule has 0 aliphatic heterocycles. The maximum Gasteiger partial charge on any atom is 0.409 e. The number of fused-ring (bicyclic) bond motifs is 1. The number of hydrogen-bond acceptors (Lipinski definition) is 6. The first-order chi connectivity index (χ1) is 14.5. The van der Waals surface area contributed by atoms with Crippen molar-refractivity contribution < 1.29 is 28.9 Å². The molecule has 9 nitrogen and oxygen atoms in total. The van der Waals surface area contributed by atoms with E-state index >= 15 is 0 Å². The molecule has 2 amide bonds. The summed E-state index contributed by atoms with van der Waals surface area (Å²) in [5, 5.41) is 14.5. The summed E-state index contributed by atoms with van der Waals surface area (Å²) in [5.74, 6) is 1.27. The van der Waals surface area contributed by atoms with E-state index in [0.29, 0.717) is 52.7 Å². The predicted octanol–water partition coefficient (Wildman–Crippen LogP) is 4.10. The number of carboxylic acid groups (broad SMARTS) is 1. The lowest BCUT2D eigenvalue weighted by molar-refractivity contribution is -0.114. The summed E-state index contributed by atoms with van der Waals surface area (Å²) in [5.41, 5.74) is 1.54. The molecule has 1 heterocycles. The Bertz CT molecular complexity index is 1050. The number of rotatable bonds is 8. The Morgan fingerprint density at radius 2 is 1.80 bits per heavy atom. The summed E-state index contributed by atoms with van der Waals surface area (Å²) in [7, 11) is 1.58. The molecule has 0 aliphatic rings. The van der Waals surface area contributed by atoms with Gasteiger partial charge in [0.1, 0.15) is 23.9 Å². The molecule has 156 valence electrons. The standard InChI is InChI=1S/C21H21N3O6/c1-13(25)23-18-11-16-17(12-20(18)29-10-9-28-2)22-8-7-19(16)30-15-5-3-14(4-6-15)24-21(26)27/h3-8,11-12,24H,9-10H2,1-2H3,(H,23,25)(H,26,27). The molecule has 0 saturated carbocycles. The van der Waals surface area contributed by atoms with E-state index in [0.717, 1.165) is 0 Å². The molecule has 3 aromatic rings.